The molecule has 0 saturated heterocycles. The summed E-state index contributed by atoms with van der Waals surface area (Å²) >= 11 is 0. The molecule has 0 amide bonds. The summed E-state index contributed by atoms with van der Waals surface area (Å²) in [6.45, 7) is 18.0. The van der Waals surface area contributed by atoms with Gasteiger partial charge in [-0.2, -0.15) is 0 Å². The zero-order valence-corrected chi connectivity index (χ0v) is 16.2. The molecule has 4 nitrogen and oxygen atoms in total. The van der Waals surface area contributed by atoms with Crippen molar-refractivity contribution in [1.82, 2.24) is 0 Å². The minimum Gasteiger partial charge on any atom is -0.846 e. The van der Waals surface area contributed by atoms with Gasteiger partial charge in [-0.3, -0.25) is 9.98 Å². The number of aliphatic imine (C=N–C) groups is 2. The predicted octanol–water partition coefficient (Wildman–Crippen LogP) is 1.99. The van der Waals surface area contributed by atoms with Gasteiger partial charge in [0.2, 0.25) is 0 Å². The predicted molar refractivity (Wildman–Crippen MR) is 84.6 cm³/mol. The number of hydrogen-bond donors (Lipinski definition) is 0. The van der Waals surface area contributed by atoms with Crippen molar-refractivity contribution in [2.75, 3.05) is 0 Å². The van der Waals surface area contributed by atoms with E-state index in [9.17, 15) is 10.2 Å². The molecule has 21 heavy (non-hydrogen) atoms. The summed E-state index contributed by atoms with van der Waals surface area (Å²) in [4.78, 5) is 8.31. The van der Waals surface area contributed by atoms with Crippen LogP contribution in [0.3, 0.4) is 0 Å². The van der Waals surface area contributed by atoms with Crippen LogP contribution in [0, 0.1) is 0 Å². The average Bonchev–Trinajstić information content (AvgIpc) is 2.13. The smallest absolute Gasteiger partial charge is 0.846 e. The monoisotopic (exact) mass is 343 g/mol. The van der Waals surface area contributed by atoms with E-state index >= 15 is 0 Å². The molecular formula is C16H32CoN2O2. The molecule has 0 aliphatic heterocycles. The minimum atomic E-state index is -1.01. The number of nitrogens with zero attached hydrogens (tertiary/aromatic N) is 2. The van der Waals surface area contributed by atoms with Gasteiger partial charge in [-0.05, 0) is 53.0 Å². The summed E-state index contributed by atoms with van der Waals surface area (Å²) in [6.07, 6.45) is 0. The molecule has 0 atom stereocenters. The summed E-state index contributed by atoms with van der Waals surface area (Å²) in [7, 11) is 0. The fourth-order valence-corrected chi connectivity index (χ4v) is 1.09. The molecule has 0 unspecified atom stereocenters. The Balaban J connectivity index is -0.000000295. The van der Waals surface area contributed by atoms with E-state index < -0.39 is 11.2 Å². The molecule has 0 heterocycles. The molecule has 0 saturated carbocycles. The van der Waals surface area contributed by atoms with Crippen LogP contribution in [0.2, 0.25) is 0 Å². The molecule has 127 valence electrons. The summed E-state index contributed by atoms with van der Waals surface area (Å²) in [5, 5.41) is 22.4. The van der Waals surface area contributed by atoms with Crippen molar-refractivity contribution >= 4 is 11.4 Å². The van der Waals surface area contributed by atoms with E-state index in [1.807, 2.05) is 27.7 Å². The van der Waals surface area contributed by atoms with E-state index in [-0.39, 0.29) is 28.9 Å². The van der Waals surface area contributed by atoms with Crippen molar-refractivity contribution in [3.63, 3.8) is 0 Å². The Morgan fingerprint density at radius 1 is 0.714 bits per heavy atom. The molecule has 0 N–H and O–H groups in total. The van der Waals surface area contributed by atoms with Gasteiger partial charge in [0.1, 0.15) is 0 Å². The van der Waals surface area contributed by atoms with Gasteiger partial charge in [-0.25, -0.2) is 0 Å². The maximum Gasteiger partial charge on any atom is 2.00 e. The van der Waals surface area contributed by atoms with Crippen LogP contribution < -0.4 is 10.2 Å². The second kappa shape index (κ2) is 10.5. The van der Waals surface area contributed by atoms with Crippen molar-refractivity contribution in [2.45, 2.75) is 92.5 Å². The van der Waals surface area contributed by atoms with Gasteiger partial charge in [0, 0.05) is 12.1 Å². The van der Waals surface area contributed by atoms with Crippen LogP contribution >= 0.6 is 0 Å². The summed E-state index contributed by atoms with van der Waals surface area (Å²) in [6, 6.07) is 0.460. The van der Waals surface area contributed by atoms with Crippen molar-refractivity contribution in [2.24, 2.45) is 9.98 Å². The second-order valence-electron chi connectivity index (χ2n) is 6.64. The van der Waals surface area contributed by atoms with E-state index in [1.54, 1.807) is 41.5 Å². The Morgan fingerprint density at radius 2 is 0.905 bits per heavy atom. The van der Waals surface area contributed by atoms with E-state index in [4.69, 9.17) is 0 Å². The fourth-order valence-electron chi connectivity index (χ4n) is 1.09. The minimum absolute atomic E-state index is 0. The van der Waals surface area contributed by atoms with Crippen LogP contribution in [0.15, 0.2) is 9.98 Å². The molecule has 0 fully saturated rings. The summed E-state index contributed by atoms with van der Waals surface area (Å²) in [5.74, 6) is 0. The molecule has 0 bridgehead atoms. The number of rotatable bonds is 4. The van der Waals surface area contributed by atoms with Gasteiger partial charge in [-0.1, -0.05) is 38.9 Å². The Hall–Kier alpha value is -0.234. The third-order valence-corrected chi connectivity index (χ3v) is 2.65. The second-order valence-corrected chi connectivity index (χ2v) is 6.64. The van der Waals surface area contributed by atoms with E-state index in [1.165, 1.54) is 0 Å². The Labute approximate surface area is 141 Å². The van der Waals surface area contributed by atoms with Crippen LogP contribution in [0.1, 0.15) is 69.2 Å². The summed E-state index contributed by atoms with van der Waals surface area (Å²) < 4.78 is 0. The van der Waals surface area contributed by atoms with Gasteiger partial charge in [0.15, 0.2) is 0 Å². The first kappa shape index (κ1) is 25.7. The van der Waals surface area contributed by atoms with Gasteiger partial charge in [0.25, 0.3) is 0 Å². The van der Waals surface area contributed by atoms with E-state index in [0.717, 1.165) is 0 Å². The molecule has 0 aromatic carbocycles. The third kappa shape index (κ3) is 16.0. The van der Waals surface area contributed by atoms with Crippen LogP contribution in [0.4, 0.5) is 0 Å². The van der Waals surface area contributed by atoms with Crippen molar-refractivity contribution in [3.05, 3.63) is 0 Å². The summed E-state index contributed by atoms with van der Waals surface area (Å²) in [5.41, 5.74) is -0.654. The van der Waals surface area contributed by atoms with Gasteiger partial charge in [0.05, 0.1) is 0 Å². The van der Waals surface area contributed by atoms with Gasteiger partial charge >= 0.3 is 16.8 Å². The van der Waals surface area contributed by atoms with E-state index in [0.29, 0.717) is 11.4 Å². The molecular weight excluding hydrogens is 311 g/mol. The Bertz CT molecular complexity index is 301. The Kier molecular flexibility index (Phi) is 12.8. The average molecular weight is 343 g/mol. The van der Waals surface area contributed by atoms with Gasteiger partial charge < -0.3 is 10.2 Å². The maximum absolute atomic E-state index is 11.2. The molecule has 0 aliphatic carbocycles. The first-order valence-corrected chi connectivity index (χ1v) is 7.18. The standard InChI is InChI=1S/2C8H16NO.Co/c2*1-6(2)9-7(3)8(4,5)10;/h2*6H,1-5H3;/q2*-1;+2. The topological polar surface area (TPSA) is 70.8 Å². The van der Waals surface area contributed by atoms with Crippen LogP contribution in [-0.2, 0) is 16.8 Å². The van der Waals surface area contributed by atoms with Gasteiger partial charge in [-0.15, -0.1) is 0 Å². The third-order valence-electron chi connectivity index (χ3n) is 2.65. The first-order chi connectivity index (χ1) is 8.67. The largest absolute Gasteiger partial charge is 2.00 e. The maximum atomic E-state index is 11.2. The number of hydrogen-bond acceptors (Lipinski definition) is 4. The molecule has 0 aromatic heterocycles. The fraction of sp³-hybridized carbons (Fsp3) is 0.875. The zero-order valence-electron chi connectivity index (χ0n) is 15.2. The van der Waals surface area contributed by atoms with Crippen LogP contribution in [-0.4, -0.2) is 34.7 Å². The molecule has 5 heteroatoms. The molecule has 0 aromatic rings. The quantitative estimate of drug-likeness (QED) is 0.733. The molecule has 1 radical (unpaired) electrons. The van der Waals surface area contributed by atoms with Crippen molar-refractivity contribution < 1.29 is 27.0 Å². The van der Waals surface area contributed by atoms with Crippen LogP contribution in [0.25, 0.3) is 0 Å². The first-order valence-electron chi connectivity index (χ1n) is 7.18. The normalized spacial score (nSPS) is 13.8. The van der Waals surface area contributed by atoms with Crippen LogP contribution in [0.5, 0.6) is 0 Å². The molecule has 0 aliphatic rings. The van der Waals surface area contributed by atoms with E-state index in [2.05, 4.69) is 9.98 Å². The van der Waals surface area contributed by atoms with Crippen molar-refractivity contribution in [3.8, 4) is 0 Å². The zero-order chi connectivity index (χ0) is 16.7. The SMILES string of the molecule is CC(=NC(C)C)C(C)(C)[O-].CC(=NC(C)C)C(C)(C)[O-].[Co+2]. The Morgan fingerprint density at radius 3 is 0.952 bits per heavy atom. The molecule has 0 spiro atoms. The van der Waals surface area contributed by atoms with Crippen molar-refractivity contribution in [1.29, 1.82) is 0 Å². The molecule has 0 rings (SSSR count).